The summed E-state index contributed by atoms with van der Waals surface area (Å²) >= 11 is 0. The summed E-state index contributed by atoms with van der Waals surface area (Å²) in [6, 6.07) is 7.95. The molecule has 0 spiro atoms. The minimum Gasteiger partial charge on any atom is -1.00 e. The van der Waals surface area contributed by atoms with E-state index in [0.29, 0.717) is 5.75 Å². The molecule has 2 nitrogen and oxygen atoms in total. The SMILES string of the molecule is CCCC[N+](CCCC)(CCCC)c1ccccc1O.[Cl-]. The first kappa shape index (κ1) is 20.3. The molecule has 0 aliphatic rings. The average Bonchev–Trinajstić information content (AvgIpc) is 2.48. The summed E-state index contributed by atoms with van der Waals surface area (Å²) in [5.74, 6) is 0.468. The number of unbranched alkanes of at least 4 members (excludes halogenated alkanes) is 3. The Balaban J connectivity index is 0.00000400. The van der Waals surface area contributed by atoms with Crippen molar-refractivity contribution in [3.63, 3.8) is 0 Å². The predicted octanol–water partition coefficient (Wildman–Crippen LogP) is 2.10. The highest BCUT2D eigenvalue weighted by Gasteiger charge is 2.31. The number of phenols is 1. The van der Waals surface area contributed by atoms with Gasteiger partial charge in [0, 0.05) is 6.07 Å². The summed E-state index contributed by atoms with van der Waals surface area (Å²) in [7, 11) is 0. The summed E-state index contributed by atoms with van der Waals surface area (Å²) in [4.78, 5) is 0. The Labute approximate surface area is 137 Å². The van der Waals surface area contributed by atoms with Gasteiger partial charge in [0.05, 0.1) is 19.6 Å². The zero-order valence-corrected chi connectivity index (χ0v) is 14.7. The van der Waals surface area contributed by atoms with Gasteiger partial charge in [0.2, 0.25) is 0 Å². The topological polar surface area (TPSA) is 20.2 Å². The molecule has 0 saturated heterocycles. The van der Waals surface area contributed by atoms with Gasteiger partial charge in [-0.25, -0.2) is 0 Å². The van der Waals surface area contributed by atoms with E-state index in [4.69, 9.17) is 0 Å². The van der Waals surface area contributed by atoms with Crippen molar-refractivity contribution in [1.82, 2.24) is 4.48 Å². The van der Waals surface area contributed by atoms with Crippen LogP contribution in [0.15, 0.2) is 24.3 Å². The summed E-state index contributed by atoms with van der Waals surface area (Å²) < 4.78 is 0.961. The Hall–Kier alpha value is -0.730. The van der Waals surface area contributed by atoms with E-state index < -0.39 is 0 Å². The quantitative estimate of drug-likeness (QED) is 0.656. The summed E-state index contributed by atoms with van der Waals surface area (Å²) in [5.41, 5.74) is 1.13. The largest absolute Gasteiger partial charge is 1.00 e. The van der Waals surface area contributed by atoms with Crippen LogP contribution in [0, 0.1) is 0 Å². The molecule has 0 fully saturated rings. The smallest absolute Gasteiger partial charge is 0.177 e. The number of rotatable bonds is 10. The predicted molar refractivity (Wildman–Crippen MR) is 89.2 cm³/mol. The van der Waals surface area contributed by atoms with Gasteiger partial charge in [0.25, 0.3) is 0 Å². The number of halogens is 1. The molecule has 1 N–H and O–H groups in total. The monoisotopic (exact) mass is 313 g/mol. The fourth-order valence-corrected chi connectivity index (χ4v) is 2.94. The van der Waals surface area contributed by atoms with Crippen LogP contribution in [0.4, 0.5) is 5.69 Å². The van der Waals surface area contributed by atoms with Gasteiger partial charge in [-0.05, 0) is 25.3 Å². The van der Waals surface area contributed by atoms with Crippen LogP contribution < -0.4 is 16.9 Å². The molecule has 1 rings (SSSR count). The first-order valence-electron chi connectivity index (χ1n) is 8.34. The van der Waals surface area contributed by atoms with Crippen LogP contribution >= 0.6 is 0 Å². The molecule has 0 heterocycles. The fourth-order valence-electron chi connectivity index (χ4n) is 2.94. The molecule has 0 bridgehead atoms. The molecule has 0 unspecified atom stereocenters. The van der Waals surface area contributed by atoms with Crippen LogP contribution in [-0.4, -0.2) is 24.7 Å². The number of quaternary nitrogens is 1. The van der Waals surface area contributed by atoms with Gasteiger partial charge >= 0.3 is 0 Å². The van der Waals surface area contributed by atoms with E-state index in [1.165, 1.54) is 38.5 Å². The van der Waals surface area contributed by atoms with E-state index in [0.717, 1.165) is 29.8 Å². The number of nitrogens with zero attached hydrogens (tertiary/aromatic N) is 1. The molecule has 21 heavy (non-hydrogen) atoms. The van der Waals surface area contributed by atoms with Crippen LogP contribution in [0.5, 0.6) is 5.75 Å². The van der Waals surface area contributed by atoms with E-state index in [-0.39, 0.29) is 12.4 Å². The van der Waals surface area contributed by atoms with E-state index in [1.54, 1.807) is 0 Å². The van der Waals surface area contributed by atoms with Gasteiger partial charge in [-0.15, -0.1) is 0 Å². The Morgan fingerprint density at radius 3 is 1.62 bits per heavy atom. The lowest BCUT2D eigenvalue weighted by molar-refractivity contribution is -0.00000544. The maximum Gasteiger partial charge on any atom is 0.177 e. The molecule has 3 heteroatoms. The second-order valence-electron chi connectivity index (χ2n) is 5.87. The highest BCUT2D eigenvalue weighted by atomic mass is 35.5. The maximum absolute atomic E-state index is 10.3. The van der Waals surface area contributed by atoms with Crippen LogP contribution in [0.2, 0.25) is 0 Å². The second kappa shape index (κ2) is 10.9. The van der Waals surface area contributed by atoms with Crippen molar-refractivity contribution in [3.05, 3.63) is 24.3 Å². The molecule has 0 saturated carbocycles. The maximum atomic E-state index is 10.3. The number of benzene rings is 1. The molecule has 122 valence electrons. The van der Waals surface area contributed by atoms with Gasteiger partial charge < -0.3 is 17.5 Å². The summed E-state index contributed by atoms with van der Waals surface area (Å²) in [6.45, 7) is 10.2. The molecule has 0 radical (unpaired) electrons. The van der Waals surface area contributed by atoms with Crippen molar-refractivity contribution in [2.45, 2.75) is 59.3 Å². The van der Waals surface area contributed by atoms with Gasteiger partial charge in [0.15, 0.2) is 11.4 Å². The number of hydrogen-bond donors (Lipinski definition) is 1. The van der Waals surface area contributed by atoms with Crippen LogP contribution in [-0.2, 0) is 0 Å². The fraction of sp³-hybridized carbons (Fsp3) is 0.667. The van der Waals surface area contributed by atoms with E-state index in [2.05, 4.69) is 32.9 Å². The Kier molecular flexibility index (Phi) is 10.5. The molecule has 1 aromatic carbocycles. The molecule has 0 aliphatic carbocycles. The zero-order chi connectivity index (χ0) is 14.8. The number of para-hydroxylation sites is 2. The third kappa shape index (κ3) is 5.88. The minimum absolute atomic E-state index is 0. The first-order valence-corrected chi connectivity index (χ1v) is 8.34. The lowest BCUT2D eigenvalue weighted by atomic mass is 10.1. The van der Waals surface area contributed by atoms with Crippen molar-refractivity contribution in [3.8, 4) is 5.75 Å². The third-order valence-electron chi connectivity index (χ3n) is 4.21. The first-order chi connectivity index (χ1) is 9.70. The molecule has 0 aromatic heterocycles. The third-order valence-corrected chi connectivity index (χ3v) is 4.21. The van der Waals surface area contributed by atoms with E-state index >= 15 is 0 Å². The highest BCUT2D eigenvalue weighted by molar-refractivity contribution is 5.54. The van der Waals surface area contributed by atoms with Crippen molar-refractivity contribution >= 4 is 5.69 Å². The van der Waals surface area contributed by atoms with E-state index in [1.807, 2.05) is 12.1 Å². The standard InChI is InChI=1S/C18H31NO.ClH/c1-4-7-14-19(15-8-5-2,16-9-6-3)17-12-10-11-13-18(17)20;/h10-13H,4-9,14-16H2,1-3H3;1H. The zero-order valence-electron chi connectivity index (χ0n) is 13.9. The molecule has 0 amide bonds. The summed E-state index contributed by atoms with van der Waals surface area (Å²) in [5, 5.41) is 10.3. The van der Waals surface area contributed by atoms with Crippen molar-refractivity contribution in [1.29, 1.82) is 0 Å². The van der Waals surface area contributed by atoms with Crippen molar-refractivity contribution in [2.75, 3.05) is 19.6 Å². The number of aromatic hydroxyl groups is 1. The van der Waals surface area contributed by atoms with Crippen LogP contribution in [0.1, 0.15) is 59.3 Å². The van der Waals surface area contributed by atoms with E-state index in [9.17, 15) is 5.11 Å². The molecule has 0 aliphatic heterocycles. The Bertz CT molecular complexity index is 359. The van der Waals surface area contributed by atoms with Gasteiger partial charge in [-0.1, -0.05) is 52.2 Å². The molecular formula is C18H32ClNO. The Morgan fingerprint density at radius 1 is 0.810 bits per heavy atom. The summed E-state index contributed by atoms with van der Waals surface area (Å²) in [6.07, 6.45) is 7.31. The number of hydrogen-bond acceptors (Lipinski definition) is 1. The second-order valence-corrected chi connectivity index (χ2v) is 5.87. The molecule has 0 atom stereocenters. The molecular weight excluding hydrogens is 282 g/mol. The Morgan fingerprint density at radius 2 is 1.24 bits per heavy atom. The minimum atomic E-state index is 0. The van der Waals surface area contributed by atoms with Crippen LogP contribution in [0.3, 0.4) is 0 Å². The van der Waals surface area contributed by atoms with Gasteiger partial charge in [0.1, 0.15) is 0 Å². The van der Waals surface area contributed by atoms with Crippen molar-refractivity contribution < 1.29 is 17.5 Å². The van der Waals surface area contributed by atoms with Crippen molar-refractivity contribution in [2.24, 2.45) is 0 Å². The number of phenolic OH excluding ortho intramolecular Hbond substituents is 1. The highest BCUT2D eigenvalue weighted by Crippen LogP contribution is 2.34. The van der Waals surface area contributed by atoms with Gasteiger partial charge in [-0.3, -0.25) is 4.48 Å². The lowest BCUT2D eigenvalue weighted by Crippen LogP contribution is -3.00. The molecule has 1 aromatic rings. The average molecular weight is 314 g/mol. The van der Waals surface area contributed by atoms with Crippen LogP contribution in [0.25, 0.3) is 0 Å². The normalized spacial score (nSPS) is 11.2. The lowest BCUT2D eigenvalue weighted by Gasteiger charge is -2.39. The van der Waals surface area contributed by atoms with Gasteiger partial charge in [-0.2, -0.15) is 0 Å².